The zero-order chi connectivity index (χ0) is 15.7. The molecular formula is C15H31BF4-. The van der Waals surface area contributed by atoms with E-state index in [0.717, 1.165) is 0 Å². The molecule has 0 atom stereocenters. The van der Waals surface area contributed by atoms with Gasteiger partial charge in [-0.05, 0) is 6.42 Å². The maximum atomic E-state index is 9.75. The summed E-state index contributed by atoms with van der Waals surface area (Å²) in [6, 6.07) is 0. The third-order valence-electron chi connectivity index (χ3n) is 3.00. The van der Waals surface area contributed by atoms with Gasteiger partial charge in [0.1, 0.15) is 0 Å². The van der Waals surface area contributed by atoms with Crippen LogP contribution in [0.5, 0.6) is 0 Å². The average molecular weight is 298 g/mol. The molecule has 0 aliphatic rings. The highest BCUT2D eigenvalue weighted by Crippen LogP contribution is 2.11. The summed E-state index contributed by atoms with van der Waals surface area (Å²) >= 11 is 0. The molecule has 0 aromatic rings. The second-order valence-electron chi connectivity index (χ2n) is 5.19. The van der Waals surface area contributed by atoms with Crippen LogP contribution in [0.15, 0.2) is 0 Å². The van der Waals surface area contributed by atoms with Gasteiger partial charge in [0.2, 0.25) is 0 Å². The molecule has 0 bridgehead atoms. The Labute approximate surface area is 122 Å². The Balaban J connectivity index is 0. The van der Waals surface area contributed by atoms with E-state index in [1.54, 1.807) is 0 Å². The van der Waals surface area contributed by atoms with E-state index in [9.17, 15) is 17.3 Å². The predicted octanol–water partition coefficient (Wildman–Crippen LogP) is 7.21. The molecule has 5 heteroatoms. The smallest absolute Gasteiger partial charge is 0.418 e. The normalized spacial score (nSPS) is 11.1. The average Bonchev–Trinajstić information content (AvgIpc) is 2.34. The molecule has 0 aromatic heterocycles. The molecule has 0 unspecified atom stereocenters. The van der Waals surface area contributed by atoms with Crippen molar-refractivity contribution in [2.75, 3.05) is 0 Å². The van der Waals surface area contributed by atoms with E-state index in [1.807, 2.05) is 0 Å². The van der Waals surface area contributed by atoms with Gasteiger partial charge in [-0.15, -0.1) is 0 Å². The molecule has 0 nitrogen and oxygen atoms in total. The zero-order valence-corrected chi connectivity index (χ0v) is 13.2. The van der Waals surface area contributed by atoms with Crippen LogP contribution in [0.25, 0.3) is 0 Å². The monoisotopic (exact) mass is 298 g/mol. The Bertz CT molecular complexity index is 154. The van der Waals surface area contributed by atoms with Gasteiger partial charge in [-0.2, -0.15) is 0 Å². The highest BCUT2D eigenvalue weighted by molar-refractivity contribution is 6.50. The SMILES string of the molecule is CCC[CH]CCCCCCCCCCC.F[B-](F)(F)F. The summed E-state index contributed by atoms with van der Waals surface area (Å²) in [7, 11) is -6.00. The van der Waals surface area contributed by atoms with Crippen LogP contribution in [-0.4, -0.2) is 7.25 Å². The summed E-state index contributed by atoms with van der Waals surface area (Å²) in [6.07, 6.45) is 19.5. The standard InChI is InChI=1S/C15H31.BF4/c1-3-5-7-9-11-13-15-14-12-10-8-6-4-2;2-1(3,4)5/h7H,3-6,8-15H2,1-2H3;/q;-1. The molecule has 0 aliphatic heterocycles. The van der Waals surface area contributed by atoms with Crippen molar-refractivity contribution in [2.24, 2.45) is 0 Å². The molecule has 0 N–H and O–H groups in total. The van der Waals surface area contributed by atoms with Crippen LogP contribution in [0.4, 0.5) is 17.3 Å². The fraction of sp³-hybridized carbons (Fsp3) is 0.933. The number of hydrogen-bond donors (Lipinski definition) is 0. The molecule has 0 rings (SSSR count). The summed E-state index contributed by atoms with van der Waals surface area (Å²) in [4.78, 5) is 0. The van der Waals surface area contributed by atoms with Crippen molar-refractivity contribution in [2.45, 2.75) is 90.9 Å². The number of unbranched alkanes of at least 4 members (excludes halogenated alkanes) is 12. The molecule has 0 aromatic carbocycles. The first-order chi connectivity index (χ1) is 9.41. The Morgan fingerprint density at radius 1 is 0.600 bits per heavy atom. The Morgan fingerprint density at radius 3 is 1.40 bits per heavy atom. The minimum Gasteiger partial charge on any atom is -0.418 e. The Morgan fingerprint density at radius 2 is 1.00 bits per heavy atom. The fourth-order valence-corrected chi connectivity index (χ4v) is 1.95. The van der Waals surface area contributed by atoms with Crippen molar-refractivity contribution in [3.8, 4) is 0 Å². The number of hydrogen-bond acceptors (Lipinski definition) is 0. The van der Waals surface area contributed by atoms with Crippen molar-refractivity contribution in [1.82, 2.24) is 0 Å². The highest BCUT2D eigenvalue weighted by Gasteiger charge is 2.20. The summed E-state index contributed by atoms with van der Waals surface area (Å²) in [5.74, 6) is 0. The van der Waals surface area contributed by atoms with Gasteiger partial charge in [-0.1, -0.05) is 90.9 Å². The third kappa shape index (κ3) is 36.1. The summed E-state index contributed by atoms with van der Waals surface area (Å²) < 4.78 is 39.0. The Hall–Kier alpha value is -0.215. The minimum atomic E-state index is -6.00. The molecule has 0 heterocycles. The van der Waals surface area contributed by atoms with Crippen molar-refractivity contribution in [3.63, 3.8) is 0 Å². The first-order valence-electron chi connectivity index (χ1n) is 8.10. The molecule has 0 amide bonds. The van der Waals surface area contributed by atoms with E-state index in [-0.39, 0.29) is 0 Å². The van der Waals surface area contributed by atoms with E-state index in [4.69, 9.17) is 0 Å². The van der Waals surface area contributed by atoms with Crippen LogP contribution in [0.1, 0.15) is 90.9 Å². The Kier molecular flexibility index (Phi) is 18.6. The molecule has 123 valence electrons. The lowest BCUT2D eigenvalue weighted by Crippen LogP contribution is -2.02. The second kappa shape index (κ2) is 16.8. The van der Waals surface area contributed by atoms with E-state index in [0.29, 0.717) is 0 Å². The summed E-state index contributed by atoms with van der Waals surface area (Å²) in [5.41, 5.74) is 0. The topological polar surface area (TPSA) is 0 Å². The lowest BCUT2D eigenvalue weighted by atomic mass is 10.1. The van der Waals surface area contributed by atoms with Crippen LogP contribution in [-0.2, 0) is 0 Å². The first kappa shape index (κ1) is 22.1. The highest BCUT2D eigenvalue weighted by atomic mass is 19.5. The maximum absolute atomic E-state index is 9.75. The van der Waals surface area contributed by atoms with E-state index >= 15 is 0 Å². The van der Waals surface area contributed by atoms with Gasteiger partial charge in [0.25, 0.3) is 0 Å². The van der Waals surface area contributed by atoms with E-state index < -0.39 is 7.25 Å². The van der Waals surface area contributed by atoms with E-state index in [1.165, 1.54) is 77.0 Å². The van der Waals surface area contributed by atoms with Gasteiger partial charge in [0.15, 0.2) is 0 Å². The maximum Gasteiger partial charge on any atom is 0.673 e. The van der Waals surface area contributed by atoms with Gasteiger partial charge in [0.05, 0.1) is 0 Å². The molecule has 0 saturated carbocycles. The zero-order valence-electron chi connectivity index (χ0n) is 13.2. The minimum absolute atomic E-state index is 1.32. The quantitative estimate of drug-likeness (QED) is 0.203. The molecular weight excluding hydrogens is 267 g/mol. The largest absolute Gasteiger partial charge is 0.673 e. The van der Waals surface area contributed by atoms with Crippen LogP contribution in [0, 0.1) is 6.42 Å². The van der Waals surface area contributed by atoms with Crippen LogP contribution >= 0.6 is 0 Å². The van der Waals surface area contributed by atoms with Crippen LogP contribution in [0.3, 0.4) is 0 Å². The number of halogens is 4. The van der Waals surface area contributed by atoms with Gasteiger partial charge >= 0.3 is 7.25 Å². The molecule has 0 saturated heterocycles. The lowest BCUT2D eigenvalue weighted by Gasteiger charge is -2.01. The van der Waals surface area contributed by atoms with Crippen molar-refractivity contribution in [3.05, 3.63) is 6.42 Å². The van der Waals surface area contributed by atoms with Crippen molar-refractivity contribution >= 4 is 7.25 Å². The van der Waals surface area contributed by atoms with Gasteiger partial charge in [-0.3, -0.25) is 0 Å². The predicted molar refractivity (Wildman–Crippen MR) is 81.2 cm³/mol. The van der Waals surface area contributed by atoms with Crippen LogP contribution in [0.2, 0.25) is 0 Å². The van der Waals surface area contributed by atoms with Crippen LogP contribution < -0.4 is 0 Å². The lowest BCUT2D eigenvalue weighted by molar-refractivity contribution is 0.368. The van der Waals surface area contributed by atoms with Crippen molar-refractivity contribution in [1.29, 1.82) is 0 Å². The third-order valence-corrected chi connectivity index (χ3v) is 3.00. The van der Waals surface area contributed by atoms with Gasteiger partial charge in [-0.25, -0.2) is 0 Å². The molecule has 1 radical (unpaired) electrons. The van der Waals surface area contributed by atoms with Gasteiger partial charge < -0.3 is 17.3 Å². The molecule has 0 aliphatic carbocycles. The molecule has 0 fully saturated rings. The van der Waals surface area contributed by atoms with E-state index in [2.05, 4.69) is 20.3 Å². The van der Waals surface area contributed by atoms with Gasteiger partial charge in [0, 0.05) is 0 Å². The molecule has 0 spiro atoms. The first-order valence-corrected chi connectivity index (χ1v) is 8.10. The second-order valence-corrected chi connectivity index (χ2v) is 5.19. The number of rotatable bonds is 12. The summed E-state index contributed by atoms with van der Waals surface area (Å²) in [6.45, 7) is 4.54. The molecule has 20 heavy (non-hydrogen) atoms. The fourth-order valence-electron chi connectivity index (χ4n) is 1.95. The van der Waals surface area contributed by atoms with Crippen molar-refractivity contribution < 1.29 is 17.3 Å². The summed E-state index contributed by atoms with van der Waals surface area (Å²) in [5, 5.41) is 0.